The van der Waals surface area contributed by atoms with Gasteiger partial charge in [0.15, 0.2) is 6.29 Å². The minimum absolute atomic E-state index is 0.0226. The Morgan fingerprint density at radius 3 is 2.25 bits per heavy atom. The molecule has 1 aromatic rings. The van der Waals surface area contributed by atoms with Crippen molar-refractivity contribution < 1.29 is 14.2 Å². The minimum atomic E-state index is -0.302. The summed E-state index contributed by atoms with van der Waals surface area (Å²) in [5.74, 6) is 0.865. The minimum Gasteiger partial charge on any atom is -0.491 e. The molecule has 20 heavy (non-hydrogen) atoms. The van der Waals surface area contributed by atoms with Crippen molar-refractivity contribution in [1.29, 1.82) is 0 Å². The molecule has 1 rings (SSSR count). The van der Waals surface area contributed by atoms with Crippen molar-refractivity contribution in [2.45, 2.75) is 46.1 Å². The second-order valence-corrected chi connectivity index (χ2v) is 4.78. The zero-order valence-electron chi connectivity index (χ0n) is 13.2. The summed E-state index contributed by atoms with van der Waals surface area (Å²) in [5, 5.41) is 3.26. The standard InChI is InChI=1S/C16H27NO3/c1-6-18-16(19-7-2)15(17-5)13-9-8-10-14(11-13)20-12(3)4/h8-12,15-17H,6-7H2,1-5H3. The Hall–Kier alpha value is -1.10. The summed E-state index contributed by atoms with van der Waals surface area (Å²) in [6.07, 6.45) is -0.142. The van der Waals surface area contributed by atoms with E-state index < -0.39 is 0 Å². The van der Waals surface area contributed by atoms with E-state index in [1.54, 1.807) is 0 Å². The van der Waals surface area contributed by atoms with E-state index in [-0.39, 0.29) is 18.4 Å². The Kier molecular flexibility index (Phi) is 7.59. The first-order chi connectivity index (χ1) is 9.62. The molecule has 1 unspecified atom stereocenters. The van der Waals surface area contributed by atoms with Crippen molar-refractivity contribution in [3.05, 3.63) is 29.8 Å². The van der Waals surface area contributed by atoms with Crippen molar-refractivity contribution in [2.75, 3.05) is 20.3 Å². The van der Waals surface area contributed by atoms with Crippen LogP contribution in [0.1, 0.15) is 39.3 Å². The largest absolute Gasteiger partial charge is 0.491 e. The predicted octanol–water partition coefficient (Wildman–Crippen LogP) is 3.13. The molecule has 1 N–H and O–H groups in total. The number of benzene rings is 1. The van der Waals surface area contributed by atoms with Gasteiger partial charge in [-0.05, 0) is 52.4 Å². The Balaban J connectivity index is 2.91. The zero-order valence-corrected chi connectivity index (χ0v) is 13.2. The van der Waals surface area contributed by atoms with Crippen LogP contribution in [0.3, 0.4) is 0 Å². The third-order valence-corrected chi connectivity index (χ3v) is 2.83. The van der Waals surface area contributed by atoms with Crippen LogP contribution in [0.2, 0.25) is 0 Å². The maximum absolute atomic E-state index is 5.74. The molecule has 114 valence electrons. The molecule has 0 spiro atoms. The molecule has 0 aliphatic carbocycles. The van der Waals surface area contributed by atoms with E-state index in [4.69, 9.17) is 14.2 Å². The first-order valence-corrected chi connectivity index (χ1v) is 7.29. The van der Waals surface area contributed by atoms with E-state index in [1.165, 1.54) is 0 Å². The molecule has 1 aromatic carbocycles. The Labute approximate surface area is 122 Å². The van der Waals surface area contributed by atoms with Crippen LogP contribution < -0.4 is 10.1 Å². The van der Waals surface area contributed by atoms with Gasteiger partial charge >= 0.3 is 0 Å². The third kappa shape index (κ3) is 5.12. The SMILES string of the molecule is CCOC(OCC)C(NC)c1cccc(OC(C)C)c1. The smallest absolute Gasteiger partial charge is 0.176 e. The van der Waals surface area contributed by atoms with E-state index >= 15 is 0 Å². The van der Waals surface area contributed by atoms with Gasteiger partial charge in [0.2, 0.25) is 0 Å². The summed E-state index contributed by atoms with van der Waals surface area (Å²) in [7, 11) is 1.91. The number of rotatable bonds is 9. The summed E-state index contributed by atoms with van der Waals surface area (Å²) < 4.78 is 17.1. The maximum atomic E-state index is 5.74. The lowest BCUT2D eigenvalue weighted by molar-refractivity contribution is -0.154. The van der Waals surface area contributed by atoms with Crippen LogP contribution in [0.15, 0.2) is 24.3 Å². The second kappa shape index (κ2) is 8.95. The van der Waals surface area contributed by atoms with Crippen LogP contribution >= 0.6 is 0 Å². The molecule has 0 heterocycles. The quantitative estimate of drug-likeness (QED) is 0.706. The Bertz CT molecular complexity index is 376. The average Bonchev–Trinajstić information content (AvgIpc) is 2.40. The van der Waals surface area contributed by atoms with Gasteiger partial charge in [0, 0.05) is 13.2 Å². The molecule has 0 saturated heterocycles. The monoisotopic (exact) mass is 281 g/mol. The van der Waals surface area contributed by atoms with Crippen molar-refractivity contribution >= 4 is 0 Å². The van der Waals surface area contributed by atoms with Crippen LogP contribution in [-0.2, 0) is 9.47 Å². The normalized spacial score (nSPS) is 12.9. The number of nitrogens with one attached hydrogen (secondary N) is 1. The molecule has 0 amide bonds. The fourth-order valence-corrected chi connectivity index (χ4v) is 2.08. The van der Waals surface area contributed by atoms with Crippen LogP contribution in [-0.4, -0.2) is 32.7 Å². The second-order valence-electron chi connectivity index (χ2n) is 4.78. The lowest BCUT2D eigenvalue weighted by Crippen LogP contribution is -2.34. The van der Waals surface area contributed by atoms with Crippen molar-refractivity contribution in [3.63, 3.8) is 0 Å². The number of hydrogen-bond acceptors (Lipinski definition) is 4. The fraction of sp³-hybridized carbons (Fsp3) is 0.625. The van der Waals surface area contributed by atoms with Gasteiger partial charge in [-0.15, -0.1) is 0 Å². The molecule has 4 heteroatoms. The summed E-state index contributed by atoms with van der Waals surface area (Å²) in [6.45, 7) is 9.21. The lowest BCUT2D eigenvalue weighted by atomic mass is 10.1. The number of likely N-dealkylation sites (N-methyl/N-ethyl adjacent to an activating group) is 1. The summed E-state index contributed by atoms with van der Waals surface area (Å²) in [4.78, 5) is 0. The molecule has 0 aliphatic rings. The molecule has 0 aliphatic heterocycles. The highest BCUT2D eigenvalue weighted by atomic mass is 16.7. The van der Waals surface area contributed by atoms with E-state index in [9.17, 15) is 0 Å². The van der Waals surface area contributed by atoms with Gasteiger partial charge in [-0.2, -0.15) is 0 Å². The highest BCUT2D eigenvalue weighted by Gasteiger charge is 2.23. The van der Waals surface area contributed by atoms with Gasteiger partial charge in [-0.1, -0.05) is 12.1 Å². The number of ether oxygens (including phenoxy) is 3. The van der Waals surface area contributed by atoms with E-state index in [2.05, 4.69) is 11.4 Å². The van der Waals surface area contributed by atoms with Crippen LogP contribution in [0.5, 0.6) is 5.75 Å². The van der Waals surface area contributed by atoms with Gasteiger partial charge in [-0.3, -0.25) is 0 Å². The summed E-state index contributed by atoms with van der Waals surface area (Å²) >= 11 is 0. The third-order valence-electron chi connectivity index (χ3n) is 2.83. The van der Waals surface area contributed by atoms with Gasteiger partial charge in [0.1, 0.15) is 5.75 Å². The van der Waals surface area contributed by atoms with E-state index in [0.29, 0.717) is 13.2 Å². The first-order valence-electron chi connectivity index (χ1n) is 7.29. The maximum Gasteiger partial charge on any atom is 0.176 e. The average molecular weight is 281 g/mol. The molecule has 4 nitrogen and oxygen atoms in total. The van der Waals surface area contributed by atoms with Crippen molar-refractivity contribution in [3.8, 4) is 5.75 Å². The summed E-state index contributed by atoms with van der Waals surface area (Å²) in [5.41, 5.74) is 1.09. The molecule has 0 saturated carbocycles. The Morgan fingerprint density at radius 2 is 1.75 bits per heavy atom. The van der Waals surface area contributed by atoms with Crippen LogP contribution in [0, 0.1) is 0 Å². The predicted molar refractivity (Wildman–Crippen MR) is 81.0 cm³/mol. The number of hydrogen-bond donors (Lipinski definition) is 1. The van der Waals surface area contributed by atoms with Gasteiger partial charge in [-0.25, -0.2) is 0 Å². The molecular formula is C16H27NO3. The highest BCUT2D eigenvalue weighted by Crippen LogP contribution is 2.24. The zero-order chi connectivity index (χ0) is 15.0. The lowest BCUT2D eigenvalue weighted by Gasteiger charge is -2.27. The van der Waals surface area contributed by atoms with Gasteiger partial charge in [0.25, 0.3) is 0 Å². The van der Waals surface area contributed by atoms with Crippen molar-refractivity contribution in [1.82, 2.24) is 5.32 Å². The van der Waals surface area contributed by atoms with Gasteiger partial charge < -0.3 is 19.5 Å². The fourth-order valence-electron chi connectivity index (χ4n) is 2.08. The van der Waals surface area contributed by atoms with Crippen LogP contribution in [0.4, 0.5) is 0 Å². The van der Waals surface area contributed by atoms with E-state index in [0.717, 1.165) is 11.3 Å². The van der Waals surface area contributed by atoms with Crippen LogP contribution in [0.25, 0.3) is 0 Å². The molecule has 0 bridgehead atoms. The van der Waals surface area contributed by atoms with Crippen molar-refractivity contribution in [2.24, 2.45) is 0 Å². The first kappa shape index (κ1) is 17.0. The molecule has 0 aromatic heterocycles. The Morgan fingerprint density at radius 1 is 1.10 bits per heavy atom. The highest BCUT2D eigenvalue weighted by molar-refractivity contribution is 5.31. The van der Waals surface area contributed by atoms with Gasteiger partial charge in [0.05, 0.1) is 12.1 Å². The summed E-state index contributed by atoms with van der Waals surface area (Å²) in [6, 6.07) is 8.02. The molecule has 0 fully saturated rings. The van der Waals surface area contributed by atoms with E-state index in [1.807, 2.05) is 52.9 Å². The topological polar surface area (TPSA) is 39.7 Å². The molecule has 1 atom stereocenters. The molecule has 0 radical (unpaired) electrons. The molecular weight excluding hydrogens is 254 g/mol.